The molecule has 6 aliphatic rings. The van der Waals surface area contributed by atoms with E-state index in [1.807, 2.05) is 32.2 Å². The van der Waals surface area contributed by atoms with Crippen LogP contribution in [0.3, 0.4) is 0 Å². The van der Waals surface area contributed by atoms with E-state index in [0.717, 1.165) is 5.56 Å². The largest absolute Gasteiger partial charge is 0.391 e. The Kier molecular flexibility index (Phi) is 5.44. The molecule has 0 amide bonds. The normalized spacial score (nSPS) is 44.6. The Morgan fingerprint density at radius 1 is 1.05 bits per heavy atom. The minimum absolute atomic E-state index is 0.0275. The predicted molar refractivity (Wildman–Crippen MR) is 149 cm³/mol. The maximum Gasteiger partial charge on any atom is 0.208 e. The fourth-order valence-corrected chi connectivity index (χ4v) is 9.99. The van der Waals surface area contributed by atoms with Crippen LogP contribution in [0.15, 0.2) is 42.6 Å². The van der Waals surface area contributed by atoms with Gasteiger partial charge in [-0.05, 0) is 47.1 Å². The van der Waals surface area contributed by atoms with E-state index in [1.165, 1.54) is 5.56 Å². The SMILES string of the molecule is C=C1C(=O)[C@]23[C@H](O)[C@H]1CC[C@H]2[C@@]12COC3(O)[C@@H](O)[C@@H]1C(C)(C)C[C@H](n1cc(-c3ccc(C(C)(C)C)cc3)nn1)[C@H]2O. The number of carbonyl (C=O) groups excluding carboxylic acids is 1. The maximum atomic E-state index is 13.9. The van der Waals surface area contributed by atoms with Crippen LogP contribution in [0.2, 0.25) is 0 Å². The number of ether oxygens (including phenoxy) is 1. The molecule has 2 saturated heterocycles. The van der Waals surface area contributed by atoms with Crippen molar-refractivity contribution in [3.8, 4) is 11.3 Å². The van der Waals surface area contributed by atoms with E-state index in [0.29, 0.717) is 25.0 Å². The van der Waals surface area contributed by atoms with E-state index in [9.17, 15) is 25.2 Å². The number of ketones is 1. The first-order valence-electron chi connectivity index (χ1n) is 14.8. The van der Waals surface area contributed by atoms with E-state index >= 15 is 0 Å². The Bertz CT molecular complexity index is 1440. The first kappa shape index (κ1) is 27.4. The van der Waals surface area contributed by atoms with Gasteiger partial charge in [-0.2, -0.15) is 0 Å². The van der Waals surface area contributed by atoms with Gasteiger partial charge in [0.15, 0.2) is 5.78 Å². The summed E-state index contributed by atoms with van der Waals surface area (Å²) in [5.74, 6) is -4.40. The third kappa shape index (κ3) is 3.06. The molecule has 2 aliphatic heterocycles. The van der Waals surface area contributed by atoms with Crippen LogP contribution < -0.4 is 0 Å². The highest BCUT2D eigenvalue weighted by molar-refractivity contribution is 6.05. The number of aliphatic hydroxyl groups excluding tert-OH is 3. The fraction of sp³-hybridized carbons (Fsp3) is 0.656. The third-order valence-corrected chi connectivity index (χ3v) is 11.7. The molecule has 1 aromatic carbocycles. The molecule has 6 fully saturated rings. The number of aromatic nitrogens is 3. The summed E-state index contributed by atoms with van der Waals surface area (Å²) in [6, 6.07) is 7.71. The van der Waals surface area contributed by atoms with Gasteiger partial charge in [0.1, 0.15) is 17.2 Å². The number of rotatable bonds is 2. The molecule has 4 saturated carbocycles. The van der Waals surface area contributed by atoms with Crippen LogP contribution in [-0.4, -0.2) is 71.9 Å². The average Bonchev–Trinajstić information content (AvgIpc) is 3.43. The molecule has 9 heteroatoms. The summed E-state index contributed by atoms with van der Waals surface area (Å²) < 4.78 is 7.76. The van der Waals surface area contributed by atoms with Gasteiger partial charge >= 0.3 is 0 Å². The average molecular weight is 564 g/mol. The molecular formula is C32H41N3O6. The number of Topliss-reactive ketones (excluding diaryl/α,β-unsaturated/α-hetero) is 1. The third-order valence-electron chi connectivity index (χ3n) is 11.7. The summed E-state index contributed by atoms with van der Waals surface area (Å²) in [4.78, 5) is 13.9. The summed E-state index contributed by atoms with van der Waals surface area (Å²) in [6.45, 7) is 14.5. The van der Waals surface area contributed by atoms with Crippen molar-refractivity contribution in [3.05, 3.63) is 48.2 Å². The fourth-order valence-electron chi connectivity index (χ4n) is 9.99. The lowest BCUT2D eigenvalue weighted by molar-refractivity contribution is -0.461. The lowest BCUT2D eigenvalue weighted by atomic mass is 9.35. The molecule has 1 aromatic heterocycles. The highest BCUT2D eigenvalue weighted by Crippen LogP contribution is 2.77. The van der Waals surface area contributed by atoms with Crippen molar-refractivity contribution in [2.45, 2.75) is 89.4 Å². The minimum atomic E-state index is -2.26. The van der Waals surface area contributed by atoms with Crippen LogP contribution in [-0.2, 0) is 14.9 Å². The van der Waals surface area contributed by atoms with Gasteiger partial charge in [0.05, 0.1) is 31.1 Å². The molecule has 1 unspecified atom stereocenters. The number of hydrogen-bond acceptors (Lipinski definition) is 8. The number of carbonyl (C=O) groups is 1. The molecule has 3 heterocycles. The van der Waals surface area contributed by atoms with Crippen LogP contribution in [0.25, 0.3) is 11.3 Å². The predicted octanol–water partition coefficient (Wildman–Crippen LogP) is 2.78. The summed E-state index contributed by atoms with van der Waals surface area (Å²) in [5, 5.41) is 56.8. The van der Waals surface area contributed by atoms with Crippen molar-refractivity contribution in [2.24, 2.45) is 34.0 Å². The van der Waals surface area contributed by atoms with Gasteiger partial charge in [0.25, 0.3) is 0 Å². The standard InChI is InChI=1S/C32H41N3O6/c1-16-19-11-12-22-30-15-41-32(40,31(22,24(16)36)25(19)37)27(39)23(30)29(5,6)13-21(26(30)38)35-14-20(33-34-35)17-7-9-18(10-8-17)28(2,3)4/h7-10,14,19,21-23,25-27,37-40H,1,11-13,15H2,2-6H3/t19-,21-,22-,23+,25+,26+,27-,30-,31-,32?/m0/s1. The zero-order valence-electron chi connectivity index (χ0n) is 24.4. The molecule has 2 spiro atoms. The minimum Gasteiger partial charge on any atom is -0.391 e. The van der Waals surface area contributed by atoms with Gasteiger partial charge < -0.3 is 25.2 Å². The van der Waals surface area contributed by atoms with Crippen molar-refractivity contribution in [1.82, 2.24) is 15.0 Å². The summed E-state index contributed by atoms with van der Waals surface area (Å²) in [6.07, 6.45) is -0.470. The summed E-state index contributed by atoms with van der Waals surface area (Å²) in [5.41, 5.74) is -0.355. The Morgan fingerprint density at radius 3 is 2.39 bits per heavy atom. The van der Waals surface area contributed by atoms with Crippen LogP contribution >= 0.6 is 0 Å². The Morgan fingerprint density at radius 2 is 1.73 bits per heavy atom. The Labute approximate surface area is 240 Å². The van der Waals surface area contributed by atoms with Crippen LogP contribution in [0.4, 0.5) is 0 Å². The number of benzene rings is 1. The molecule has 4 bridgehead atoms. The van der Waals surface area contributed by atoms with Crippen LogP contribution in [0.5, 0.6) is 0 Å². The molecule has 4 aliphatic carbocycles. The molecule has 41 heavy (non-hydrogen) atoms. The van der Waals surface area contributed by atoms with Crippen molar-refractivity contribution in [3.63, 3.8) is 0 Å². The molecule has 4 N–H and O–H groups in total. The van der Waals surface area contributed by atoms with Gasteiger partial charge in [0.2, 0.25) is 5.79 Å². The van der Waals surface area contributed by atoms with Crippen molar-refractivity contribution in [1.29, 1.82) is 0 Å². The van der Waals surface area contributed by atoms with Gasteiger partial charge in [-0.25, -0.2) is 4.68 Å². The van der Waals surface area contributed by atoms with E-state index < -0.39 is 69.9 Å². The number of aliphatic hydroxyl groups is 4. The van der Waals surface area contributed by atoms with Crippen molar-refractivity contribution >= 4 is 5.78 Å². The summed E-state index contributed by atoms with van der Waals surface area (Å²) in [7, 11) is 0. The van der Waals surface area contributed by atoms with Gasteiger partial charge in [0, 0.05) is 22.8 Å². The van der Waals surface area contributed by atoms with E-state index in [1.54, 1.807) is 4.68 Å². The second kappa shape index (κ2) is 8.14. The summed E-state index contributed by atoms with van der Waals surface area (Å²) >= 11 is 0. The zero-order chi connectivity index (χ0) is 29.5. The quantitative estimate of drug-likeness (QED) is 0.410. The van der Waals surface area contributed by atoms with E-state index in [4.69, 9.17) is 4.74 Å². The van der Waals surface area contributed by atoms with E-state index in [2.05, 4.69) is 49.8 Å². The molecule has 9 nitrogen and oxygen atoms in total. The highest BCUT2D eigenvalue weighted by atomic mass is 16.6. The second-order valence-corrected chi connectivity index (χ2v) is 15.0. The van der Waals surface area contributed by atoms with Crippen molar-refractivity contribution in [2.75, 3.05) is 6.61 Å². The lowest BCUT2D eigenvalue weighted by Gasteiger charge is -2.75. The number of hydrogen-bond donors (Lipinski definition) is 4. The molecule has 0 radical (unpaired) electrons. The first-order valence-corrected chi connectivity index (χ1v) is 14.8. The van der Waals surface area contributed by atoms with Gasteiger partial charge in [-0.1, -0.05) is 70.7 Å². The second-order valence-electron chi connectivity index (χ2n) is 15.0. The van der Waals surface area contributed by atoms with E-state index in [-0.39, 0.29) is 17.6 Å². The molecular weight excluding hydrogens is 522 g/mol. The van der Waals surface area contributed by atoms with Crippen molar-refractivity contribution < 1.29 is 30.0 Å². The first-order chi connectivity index (χ1) is 19.1. The number of fused-ring (bicyclic) bond motifs is 2. The molecule has 8 rings (SSSR count). The number of nitrogens with zero attached hydrogens (tertiary/aromatic N) is 3. The highest BCUT2D eigenvalue weighted by Gasteiger charge is 2.87. The Hall–Kier alpha value is -2.43. The van der Waals surface area contributed by atoms with Crippen LogP contribution in [0.1, 0.15) is 65.5 Å². The van der Waals surface area contributed by atoms with Gasteiger partial charge in [-0.15, -0.1) is 5.10 Å². The molecule has 10 atom stereocenters. The molecule has 220 valence electrons. The zero-order valence-corrected chi connectivity index (χ0v) is 24.4. The maximum absolute atomic E-state index is 13.9. The topological polar surface area (TPSA) is 138 Å². The lowest BCUT2D eigenvalue weighted by Crippen LogP contribution is -2.86. The van der Waals surface area contributed by atoms with Gasteiger partial charge in [-0.3, -0.25) is 4.79 Å². The van der Waals surface area contributed by atoms with Crippen LogP contribution in [0, 0.1) is 34.0 Å². The monoisotopic (exact) mass is 563 g/mol. The smallest absolute Gasteiger partial charge is 0.208 e. The molecule has 2 aromatic rings. The Balaban J connectivity index is 1.32.